The van der Waals surface area contributed by atoms with Crippen molar-refractivity contribution in [3.63, 3.8) is 0 Å². The number of hydrogen-bond donors (Lipinski definition) is 2. The lowest BCUT2D eigenvalue weighted by Crippen LogP contribution is -2.48. The Morgan fingerprint density at radius 3 is 2.69 bits per heavy atom. The van der Waals surface area contributed by atoms with Gasteiger partial charge in [-0.15, -0.1) is 11.3 Å². The Hall–Kier alpha value is -3.46. The van der Waals surface area contributed by atoms with Crippen molar-refractivity contribution in [3.8, 4) is 10.8 Å². The van der Waals surface area contributed by atoms with E-state index in [0.717, 1.165) is 10.8 Å². The van der Waals surface area contributed by atoms with Crippen LogP contribution < -0.4 is 10.7 Å². The van der Waals surface area contributed by atoms with Gasteiger partial charge >= 0.3 is 6.03 Å². The largest absolute Gasteiger partial charge is 0.459 e. The highest BCUT2D eigenvalue weighted by molar-refractivity contribution is 7.13. The molecule has 2 aromatic heterocycles. The molecule has 0 aliphatic carbocycles. The molecule has 9 heteroatoms. The summed E-state index contributed by atoms with van der Waals surface area (Å²) in [5, 5.41) is 5.76. The first kappa shape index (κ1) is 18.9. The fourth-order valence-corrected chi connectivity index (χ4v) is 3.87. The number of hydrogen-bond acceptors (Lipinski definition) is 6. The molecule has 3 aromatic rings. The highest BCUT2D eigenvalue weighted by atomic mass is 32.1. The van der Waals surface area contributed by atoms with Crippen LogP contribution in [-0.4, -0.2) is 27.8 Å². The summed E-state index contributed by atoms with van der Waals surface area (Å²) in [7, 11) is 0. The average Bonchev–Trinajstić information content (AvgIpc) is 3.39. The first-order valence-corrected chi connectivity index (χ1v) is 9.78. The number of aromatic nitrogens is 1. The quantitative estimate of drug-likeness (QED) is 0.630. The summed E-state index contributed by atoms with van der Waals surface area (Å²) in [4.78, 5) is 41.9. The first-order valence-electron chi connectivity index (χ1n) is 8.90. The molecule has 4 amide bonds. The van der Waals surface area contributed by atoms with Crippen LogP contribution in [0.5, 0.6) is 0 Å². The molecule has 4 rings (SSSR count). The van der Waals surface area contributed by atoms with Crippen molar-refractivity contribution in [2.24, 2.45) is 0 Å². The third-order valence-corrected chi connectivity index (χ3v) is 5.53. The monoisotopic (exact) mass is 410 g/mol. The van der Waals surface area contributed by atoms with Gasteiger partial charge in [0.1, 0.15) is 11.3 Å². The normalized spacial score (nSPS) is 18.8. The van der Waals surface area contributed by atoms with Crippen LogP contribution in [0.4, 0.5) is 4.79 Å². The summed E-state index contributed by atoms with van der Waals surface area (Å²) in [5.74, 6) is 0.340. The molecule has 1 fully saturated rings. The second-order valence-electron chi connectivity index (χ2n) is 6.83. The Kier molecular flexibility index (Phi) is 4.67. The lowest BCUT2D eigenvalue weighted by molar-refractivity contribution is -0.138. The topological polar surface area (TPSA) is 105 Å². The van der Waals surface area contributed by atoms with Crippen LogP contribution in [0.15, 0.2) is 52.3 Å². The Morgan fingerprint density at radius 1 is 1.24 bits per heavy atom. The van der Waals surface area contributed by atoms with Gasteiger partial charge in [-0.1, -0.05) is 30.3 Å². The zero-order valence-electron chi connectivity index (χ0n) is 15.8. The minimum absolute atomic E-state index is 0.0741. The third kappa shape index (κ3) is 3.52. The molecule has 1 aliphatic rings. The Balaban J connectivity index is 1.44. The minimum Gasteiger partial charge on any atom is -0.459 e. The van der Waals surface area contributed by atoms with Crippen LogP contribution >= 0.6 is 11.3 Å². The smallest absolute Gasteiger partial charge is 0.344 e. The molecule has 0 bridgehead atoms. The molecule has 29 heavy (non-hydrogen) atoms. The van der Waals surface area contributed by atoms with Gasteiger partial charge in [0.25, 0.3) is 5.91 Å². The van der Waals surface area contributed by atoms with Crippen LogP contribution in [0.25, 0.3) is 10.8 Å². The van der Waals surface area contributed by atoms with E-state index >= 15 is 0 Å². The summed E-state index contributed by atoms with van der Waals surface area (Å²) in [6, 6.07) is 11.8. The van der Waals surface area contributed by atoms with E-state index in [1.165, 1.54) is 11.3 Å². The summed E-state index contributed by atoms with van der Waals surface area (Å²) < 4.78 is 5.53. The number of imide groups is 1. The number of aryl methyl sites for hydroxylation is 1. The molecule has 2 N–H and O–H groups in total. The Bertz CT molecular complexity index is 1090. The molecule has 3 heterocycles. The molecule has 1 atom stereocenters. The van der Waals surface area contributed by atoms with Gasteiger partial charge in [0.2, 0.25) is 5.91 Å². The number of benzene rings is 1. The number of nitrogens with zero attached hydrogens (tertiary/aromatic N) is 2. The van der Waals surface area contributed by atoms with Crippen LogP contribution in [0.3, 0.4) is 0 Å². The number of nitrogens with one attached hydrogen (secondary N) is 2. The molecule has 1 aliphatic heterocycles. The van der Waals surface area contributed by atoms with Crippen LogP contribution in [0.2, 0.25) is 0 Å². The van der Waals surface area contributed by atoms with E-state index in [1.807, 2.05) is 25.1 Å². The van der Waals surface area contributed by atoms with E-state index in [-0.39, 0.29) is 6.42 Å². The van der Waals surface area contributed by atoms with Gasteiger partial charge in [-0.05, 0) is 31.5 Å². The summed E-state index contributed by atoms with van der Waals surface area (Å²) >= 11 is 1.35. The maximum Gasteiger partial charge on any atom is 0.344 e. The van der Waals surface area contributed by atoms with Gasteiger partial charge in [-0.3, -0.25) is 15.0 Å². The number of hydrazine groups is 1. The molecule has 0 spiro atoms. The standard InChI is InChI=1S/C20H18N4O4S/c1-12-8-9-15(28-12)17-21-14(11-29-17)10-16(25)23-24-18(26)20(2,22-19(24)27)13-6-4-3-5-7-13/h3-9,11H,10H2,1-2H3,(H,22,27)(H,23,25). The minimum atomic E-state index is -1.24. The molecule has 0 radical (unpaired) electrons. The number of furan rings is 1. The third-order valence-electron chi connectivity index (χ3n) is 4.62. The van der Waals surface area contributed by atoms with Crippen molar-refractivity contribution in [2.45, 2.75) is 25.8 Å². The predicted octanol–water partition coefficient (Wildman–Crippen LogP) is 2.75. The zero-order chi connectivity index (χ0) is 20.6. The highest BCUT2D eigenvalue weighted by Gasteiger charge is 2.49. The van der Waals surface area contributed by atoms with Gasteiger partial charge in [0, 0.05) is 5.38 Å². The highest BCUT2D eigenvalue weighted by Crippen LogP contribution is 2.28. The van der Waals surface area contributed by atoms with E-state index in [1.54, 1.807) is 36.6 Å². The number of thiazole rings is 1. The second-order valence-corrected chi connectivity index (χ2v) is 7.69. The SMILES string of the molecule is Cc1ccc(-c2nc(CC(=O)NN3C(=O)NC(C)(c4ccccc4)C3=O)cs2)o1. The predicted molar refractivity (Wildman–Crippen MR) is 106 cm³/mol. The molecule has 1 saturated heterocycles. The lowest BCUT2D eigenvalue weighted by Gasteiger charge is -2.22. The molecular weight excluding hydrogens is 392 g/mol. The number of carbonyl (C=O) groups is 3. The van der Waals surface area contributed by atoms with Gasteiger partial charge in [0.15, 0.2) is 10.8 Å². The van der Waals surface area contributed by atoms with Crippen LogP contribution in [-0.2, 0) is 21.5 Å². The van der Waals surface area contributed by atoms with Crippen molar-refractivity contribution >= 4 is 29.2 Å². The van der Waals surface area contributed by atoms with E-state index in [0.29, 0.717) is 22.0 Å². The van der Waals surface area contributed by atoms with Gasteiger partial charge in [-0.2, -0.15) is 5.01 Å². The fraction of sp³-hybridized carbons (Fsp3) is 0.200. The summed E-state index contributed by atoms with van der Waals surface area (Å²) in [6.45, 7) is 3.44. The zero-order valence-corrected chi connectivity index (χ0v) is 16.6. The van der Waals surface area contributed by atoms with Crippen molar-refractivity contribution < 1.29 is 18.8 Å². The van der Waals surface area contributed by atoms with Crippen LogP contribution in [0, 0.1) is 6.92 Å². The van der Waals surface area contributed by atoms with Crippen molar-refractivity contribution in [1.82, 2.24) is 20.7 Å². The number of carbonyl (C=O) groups excluding carboxylic acids is 3. The maximum atomic E-state index is 12.8. The Labute approximate surface area is 170 Å². The molecule has 1 unspecified atom stereocenters. The number of amides is 4. The lowest BCUT2D eigenvalue weighted by atomic mass is 9.92. The van der Waals surface area contributed by atoms with Crippen LogP contribution in [0.1, 0.15) is 23.9 Å². The molecule has 0 saturated carbocycles. The number of rotatable bonds is 5. The van der Waals surface area contributed by atoms with Gasteiger partial charge < -0.3 is 9.73 Å². The van der Waals surface area contributed by atoms with E-state index in [9.17, 15) is 14.4 Å². The summed E-state index contributed by atoms with van der Waals surface area (Å²) in [5.41, 5.74) is 2.29. The van der Waals surface area contributed by atoms with E-state index in [4.69, 9.17) is 4.42 Å². The van der Waals surface area contributed by atoms with Gasteiger partial charge in [-0.25, -0.2) is 9.78 Å². The van der Waals surface area contributed by atoms with E-state index < -0.39 is 23.4 Å². The average molecular weight is 410 g/mol. The van der Waals surface area contributed by atoms with Crippen molar-refractivity contribution in [3.05, 3.63) is 64.9 Å². The second kappa shape index (κ2) is 7.17. The van der Waals surface area contributed by atoms with E-state index in [2.05, 4.69) is 15.7 Å². The molecular formula is C20H18N4O4S. The fourth-order valence-electron chi connectivity index (χ4n) is 3.09. The molecule has 8 nitrogen and oxygen atoms in total. The van der Waals surface area contributed by atoms with Gasteiger partial charge in [0.05, 0.1) is 12.1 Å². The molecule has 148 valence electrons. The number of urea groups is 1. The summed E-state index contributed by atoms with van der Waals surface area (Å²) in [6.07, 6.45) is -0.0741. The molecule has 1 aromatic carbocycles. The van der Waals surface area contributed by atoms with Crippen molar-refractivity contribution in [1.29, 1.82) is 0 Å². The van der Waals surface area contributed by atoms with Crippen molar-refractivity contribution in [2.75, 3.05) is 0 Å². The Morgan fingerprint density at radius 2 is 2.00 bits per heavy atom. The maximum absolute atomic E-state index is 12.8. The first-order chi connectivity index (χ1) is 13.9.